The van der Waals surface area contributed by atoms with E-state index in [1.807, 2.05) is 18.2 Å². The number of benzene rings is 2. The Bertz CT molecular complexity index is 705. The number of fused-ring (bicyclic) bond motifs is 1. The predicted octanol–water partition coefficient (Wildman–Crippen LogP) is 3.11. The van der Waals surface area contributed by atoms with Crippen molar-refractivity contribution in [2.45, 2.75) is 18.9 Å². The summed E-state index contributed by atoms with van der Waals surface area (Å²) in [4.78, 5) is 12.0. The van der Waals surface area contributed by atoms with Crippen LogP contribution in [0.25, 0.3) is 0 Å². The van der Waals surface area contributed by atoms with Gasteiger partial charge in [-0.25, -0.2) is 0 Å². The molecule has 5 heteroatoms. The SMILES string of the molecule is O=C(CCOc1ccccc1Cl)NCC1NCCc2ccccc21. The third-order valence-electron chi connectivity index (χ3n) is 4.14. The number of ether oxygens (including phenoxy) is 1. The van der Waals surface area contributed by atoms with Crippen molar-refractivity contribution >= 4 is 17.5 Å². The summed E-state index contributed by atoms with van der Waals surface area (Å²) < 4.78 is 5.55. The number of amides is 1. The van der Waals surface area contributed by atoms with E-state index in [2.05, 4.69) is 28.8 Å². The van der Waals surface area contributed by atoms with E-state index in [1.54, 1.807) is 12.1 Å². The lowest BCUT2D eigenvalue weighted by Gasteiger charge is -2.27. The van der Waals surface area contributed by atoms with E-state index in [0.717, 1.165) is 13.0 Å². The van der Waals surface area contributed by atoms with Crippen molar-refractivity contribution in [2.24, 2.45) is 0 Å². The topological polar surface area (TPSA) is 50.4 Å². The molecule has 4 nitrogen and oxygen atoms in total. The zero-order chi connectivity index (χ0) is 16.8. The monoisotopic (exact) mass is 344 g/mol. The van der Waals surface area contributed by atoms with Crippen molar-refractivity contribution in [1.29, 1.82) is 0 Å². The fraction of sp³-hybridized carbons (Fsp3) is 0.316. The molecule has 1 heterocycles. The van der Waals surface area contributed by atoms with E-state index in [4.69, 9.17) is 16.3 Å². The summed E-state index contributed by atoms with van der Waals surface area (Å²) in [7, 11) is 0. The smallest absolute Gasteiger partial charge is 0.223 e. The van der Waals surface area contributed by atoms with Crippen LogP contribution in [0.15, 0.2) is 48.5 Å². The van der Waals surface area contributed by atoms with E-state index in [0.29, 0.717) is 30.3 Å². The lowest BCUT2D eigenvalue weighted by molar-refractivity contribution is -0.121. The minimum atomic E-state index is -0.0214. The molecule has 0 saturated heterocycles. The van der Waals surface area contributed by atoms with Gasteiger partial charge in [0, 0.05) is 12.6 Å². The Morgan fingerprint density at radius 2 is 2.00 bits per heavy atom. The Balaban J connectivity index is 1.44. The van der Waals surface area contributed by atoms with Gasteiger partial charge < -0.3 is 15.4 Å². The first kappa shape index (κ1) is 16.8. The molecule has 2 N–H and O–H groups in total. The number of nitrogens with one attached hydrogen (secondary N) is 2. The average Bonchev–Trinajstić information content (AvgIpc) is 2.61. The first-order valence-corrected chi connectivity index (χ1v) is 8.57. The summed E-state index contributed by atoms with van der Waals surface area (Å²) in [6.45, 7) is 1.83. The van der Waals surface area contributed by atoms with Crippen LogP contribution in [-0.4, -0.2) is 25.6 Å². The van der Waals surface area contributed by atoms with Gasteiger partial charge in [0.15, 0.2) is 0 Å². The number of carbonyl (C=O) groups excluding carboxylic acids is 1. The number of hydrogen-bond donors (Lipinski definition) is 2. The highest BCUT2D eigenvalue weighted by molar-refractivity contribution is 6.32. The van der Waals surface area contributed by atoms with Crippen molar-refractivity contribution in [1.82, 2.24) is 10.6 Å². The van der Waals surface area contributed by atoms with Crippen molar-refractivity contribution in [2.75, 3.05) is 19.7 Å². The Morgan fingerprint density at radius 1 is 1.21 bits per heavy atom. The second kappa shape index (κ2) is 8.18. The molecule has 0 aliphatic carbocycles. The summed E-state index contributed by atoms with van der Waals surface area (Å²) in [5.74, 6) is 0.585. The van der Waals surface area contributed by atoms with Crippen LogP contribution in [0.3, 0.4) is 0 Å². The van der Waals surface area contributed by atoms with Crippen LogP contribution in [0.1, 0.15) is 23.6 Å². The van der Waals surface area contributed by atoms with E-state index in [9.17, 15) is 4.79 Å². The lowest BCUT2D eigenvalue weighted by Crippen LogP contribution is -2.39. The molecule has 0 saturated carbocycles. The highest BCUT2D eigenvalue weighted by atomic mass is 35.5. The van der Waals surface area contributed by atoms with Gasteiger partial charge in [-0.3, -0.25) is 4.79 Å². The maximum absolute atomic E-state index is 12.0. The van der Waals surface area contributed by atoms with Crippen LogP contribution >= 0.6 is 11.6 Å². The molecule has 1 amide bonds. The molecule has 0 bridgehead atoms. The molecule has 2 aromatic carbocycles. The Morgan fingerprint density at radius 3 is 2.88 bits per heavy atom. The van der Waals surface area contributed by atoms with Gasteiger partial charge in [-0.2, -0.15) is 0 Å². The summed E-state index contributed by atoms with van der Waals surface area (Å²) in [6, 6.07) is 15.8. The summed E-state index contributed by atoms with van der Waals surface area (Å²) in [6.07, 6.45) is 1.34. The number of carbonyl (C=O) groups is 1. The molecule has 0 fully saturated rings. The van der Waals surface area contributed by atoms with Crippen molar-refractivity contribution < 1.29 is 9.53 Å². The van der Waals surface area contributed by atoms with Gasteiger partial charge in [-0.05, 0) is 36.2 Å². The van der Waals surface area contributed by atoms with Crippen molar-refractivity contribution in [3.05, 3.63) is 64.7 Å². The molecule has 0 spiro atoms. The first-order valence-electron chi connectivity index (χ1n) is 8.19. The maximum atomic E-state index is 12.0. The Kier molecular flexibility index (Phi) is 5.72. The number of halogens is 1. The van der Waals surface area contributed by atoms with Crippen LogP contribution in [0.2, 0.25) is 5.02 Å². The molecule has 24 heavy (non-hydrogen) atoms. The summed E-state index contributed by atoms with van der Waals surface area (Å²) in [5, 5.41) is 6.99. The molecule has 0 radical (unpaired) electrons. The number of hydrogen-bond acceptors (Lipinski definition) is 3. The minimum Gasteiger partial charge on any atom is -0.491 e. The molecule has 126 valence electrons. The molecule has 1 unspecified atom stereocenters. The van der Waals surface area contributed by atoms with E-state index in [-0.39, 0.29) is 11.9 Å². The zero-order valence-corrected chi connectivity index (χ0v) is 14.2. The fourth-order valence-electron chi connectivity index (χ4n) is 2.89. The molecular weight excluding hydrogens is 324 g/mol. The Hall–Kier alpha value is -2.04. The van der Waals surface area contributed by atoms with Gasteiger partial charge in [0.2, 0.25) is 5.91 Å². The standard InChI is InChI=1S/C19H21ClN2O2/c20-16-7-3-4-8-18(16)24-12-10-19(23)22-13-17-15-6-2-1-5-14(15)9-11-21-17/h1-8,17,21H,9-13H2,(H,22,23). The van der Waals surface area contributed by atoms with Crippen LogP contribution in [0.5, 0.6) is 5.75 Å². The zero-order valence-electron chi connectivity index (χ0n) is 13.4. The third-order valence-corrected chi connectivity index (χ3v) is 4.45. The van der Waals surface area contributed by atoms with Gasteiger partial charge >= 0.3 is 0 Å². The molecule has 3 rings (SSSR count). The van der Waals surface area contributed by atoms with Crippen LogP contribution in [0, 0.1) is 0 Å². The van der Waals surface area contributed by atoms with Gasteiger partial charge in [0.25, 0.3) is 0 Å². The average molecular weight is 345 g/mol. The Labute approximate surface area is 147 Å². The van der Waals surface area contributed by atoms with Gasteiger partial charge in [0.1, 0.15) is 5.75 Å². The third kappa shape index (κ3) is 4.28. The van der Waals surface area contributed by atoms with Crippen LogP contribution in [0.4, 0.5) is 0 Å². The largest absolute Gasteiger partial charge is 0.491 e. The molecule has 0 aromatic heterocycles. The fourth-order valence-corrected chi connectivity index (χ4v) is 3.09. The van der Waals surface area contributed by atoms with Gasteiger partial charge in [-0.1, -0.05) is 48.0 Å². The van der Waals surface area contributed by atoms with E-state index in [1.165, 1.54) is 11.1 Å². The molecular formula is C19H21ClN2O2. The van der Waals surface area contributed by atoms with Crippen molar-refractivity contribution in [3.63, 3.8) is 0 Å². The second-order valence-corrected chi connectivity index (χ2v) is 6.20. The second-order valence-electron chi connectivity index (χ2n) is 5.79. The normalized spacial score (nSPS) is 16.3. The number of para-hydroxylation sites is 1. The van der Waals surface area contributed by atoms with E-state index < -0.39 is 0 Å². The number of rotatable bonds is 6. The highest BCUT2D eigenvalue weighted by Gasteiger charge is 2.19. The maximum Gasteiger partial charge on any atom is 0.223 e. The highest BCUT2D eigenvalue weighted by Crippen LogP contribution is 2.23. The van der Waals surface area contributed by atoms with Crippen LogP contribution in [-0.2, 0) is 11.2 Å². The molecule has 1 aliphatic rings. The summed E-state index contributed by atoms with van der Waals surface area (Å²) >= 11 is 6.02. The van der Waals surface area contributed by atoms with Gasteiger partial charge in [0.05, 0.1) is 18.1 Å². The minimum absolute atomic E-state index is 0.0214. The molecule has 1 atom stereocenters. The molecule has 1 aliphatic heterocycles. The van der Waals surface area contributed by atoms with E-state index >= 15 is 0 Å². The quantitative estimate of drug-likeness (QED) is 0.846. The van der Waals surface area contributed by atoms with Gasteiger partial charge in [-0.15, -0.1) is 0 Å². The first-order chi connectivity index (χ1) is 11.7. The lowest BCUT2D eigenvalue weighted by atomic mass is 9.94. The van der Waals surface area contributed by atoms with Crippen molar-refractivity contribution in [3.8, 4) is 5.75 Å². The predicted molar refractivity (Wildman–Crippen MR) is 95.5 cm³/mol. The summed E-state index contributed by atoms with van der Waals surface area (Å²) in [5.41, 5.74) is 2.63. The van der Waals surface area contributed by atoms with Crippen LogP contribution < -0.4 is 15.4 Å². The molecule has 2 aromatic rings.